The van der Waals surface area contributed by atoms with E-state index in [0.29, 0.717) is 6.54 Å². The van der Waals surface area contributed by atoms with Crippen LogP contribution in [0.1, 0.15) is 6.42 Å². The van der Waals surface area contributed by atoms with Crippen molar-refractivity contribution in [2.75, 3.05) is 6.54 Å². The topological polar surface area (TPSA) is 12.0 Å². The zero-order chi connectivity index (χ0) is 6.04. The first-order valence-corrected chi connectivity index (χ1v) is 2.50. The van der Waals surface area contributed by atoms with E-state index in [4.69, 9.17) is 0 Å². The van der Waals surface area contributed by atoms with Crippen molar-refractivity contribution in [2.45, 2.75) is 12.3 Å². The summed E-state index contributed by atoms with van der Waals surface area (Å²) in [7, 11) is 0. The van der Waals surface area contributed by atoms with E-state index >= 15 is 0 Å². The van der Waals surface area contributed by atoms with Gasteiger partial charge in [-0.15, -0.1) is 12.4 Å². The van der Waals surface area contributed by atoms with Gasteiger partial charge in [0.15, 0.2) is 0 Å². The minimum atomic E-state index is -2.56. The minimum absolute atomic E-state index is 0. The molecule has 0 saturated heterocycles. The van der Waals surface area contributed by atoms with Crippen LogP contribution >= 0.6 is 12.4 Å². The van der Waals surface area contributed by atoms with Gasteiger partial charge in [0.25, 0.3) is 5.92 Å². The SMILES string of the molecule is Cl.FC1(F)C=CNCC1. The first-order valence-electron chi connectivity index (χ1n) is 2.50. The molecule has 0 radical (unpaired) electrons. The van der Waals surface area contributed by atoms with Crippen LogP contribution in [-0.4, -0.2) is 12.5 Å². The Bertz CT molecular complexity index is 114. The Kier molecular flexibility index (Phi) is 2.91. The van der Waals surface area contributed by atoms with Gasteiger partial charge in [0.1, 0.15) is 0 Å². The molecule has 1 N–H and O–H groups in total. The molecule has 0 aliphatic carbocycles. The minimum Gasteiger partial charge on any atom is -0.391 e. The van der Waals surface area contributed by atoms with Gasteiger partial charge in [-0.1, -0.05) is 0 Å². The number of halogens is 3. The van der Waals surface area contributed by atoms with Crippen molar-refractivity contribution in [3.05, 3.63) is 12.3 Å². The lowest BCUT2D eigenvalue weighted by atomic mass is 10.2. The summed E-state index contributed by atoms with van der Waals surface area (Å²) in [6.45, 7) is 0.378. The first kappa shape index (κ1) is 8.69. The number of rotatable bonds is 0. The highest BCUT2D eigenvalue weighted by Gasteiger charge is 2.25. The Hall–Kier alpha value is -0.310. The molecule has 0 atom stereocenters. The molecule has 9 heavy (non-hydrogen) atoms. The van der Waals surface area contributed by atoms with Crippen molar-refractivity contribution >= 4 is 12.4 Å². The molecule has 1 aliphatic heterocycles. The van der Waals surface area contributed by atoms with Crippen LogP contribution < -0.4 is 5.32 Å². The van der Waals surface area contributed by atoms with E-state index in [9.17, 15) is 8.78 Å². The molecule has 0 aromatic heterocycles. The maximum absolute atomic E-state index is 12.1. The van der Waals surface area contributed by atoms with Crippen LogP contribution in [0.4, 0.5) is 8.78 Å². The maximum atomic E-state index is 12.1. The van der Waals surface area contributed by atoms with Gasteiger partial charge in [-0.05, 0) is 6.20 Å². The summed E-state index contributed by atoms with van der Waals surface area (Å²) in [5, 5.41) is 2.68. The number of hydrogen-bond donors (Lipinski definition) is 1. The van der Waals surface area contributed by atoms with Gasteiger partial charge in [-0.3, -0.25) is 0 Å². The van der Waals surface area contributed by atoms with Gasteiger partial charge in [0, 0.05) is 19.0 Å². The molecule has 4 heteroatoms. The first-order chi connectivity index (χ1) is 3.71. The maximum Gasteiger partial charge on any atom is 0.269 e. The summed E-state index contributed by atoms with van der Waals surface area (Å²) in [5.74, 6) is -2.56. The molecular weight excluding hydrogens is 148 g/mol. The van der Waals surface area contributed by atoms with Gasteiger partial charge >= 0.3 is 0 Å². The molecular formula is C5H8ClF2N. The fourth-order valence-corrected chi connectivity index (χ4v) is 0.586. The van der Waals surface area contributed by atoms with E-state index in [2.05, 4.69) is 5.32 Å². The Morgan fingerprint density at radius 1 is 1.44 bits per heavy atom. The Labute approximate surface area is 58.5 Å². The molecule has 54 valence electrons. The summed E-state index contributed by atoms with van der Waals surface area (Å²) >= 11 is 0. The third-order valence-corrected chi connectivity index (χ3v) is 1.05. The van der Waals surface area contributed by atoms with E-state index < -0.39 is 5.92 Å². The monoisotopic (exact) mass is 155 g/mol. The summed E-state index contributed by atoms with van der Waals surface area (Å²) in [6, 6.07) is 0. The average molecular weight is 156 g/mol. The van der Waals surface area contributed by atoms with Crippen LogP contribution in [0, 0.1) is 0 Å². The highest BCUT2D eigenvalue weighted by Crippen LogP contribution is 2.20. The van der Waals surface area contributed by atoms with E-state index in [1.807, 2.05) is 0 Å². The van der Waals surface area contributed by atoms with Gasteiger partial charge in [-0.2, -0.15) is 0 Å². The number of nitrogens with one attached hydrogen (secondary N) is 1. The lowest BCUT2D eigenvalue weighted by molar-refractivity contribution is 0.0416. The molecule has 0 aromatic rings. The molecule has 0 amide bonds. The summed E-state index contributed by atoms with van der Waals surface area (Å²) < 4.78 is 24.2. The number of allylic oxidation sites excluding steroid dienone is 1. The molecule has 0 aromatic carbocycles. The molecule has 0 spiro atoms. The lowest BCUT2D eigenvalue weighted by Crippen LogP contribution is -2.25. The highest BCUT2D eigenvalue weighted by molar-refractivity contribution is 5.85. The third kappa shape index (κ3) is 2.65. The predicted octanol–water partition coefficient (Wildman–Crippen LogP) is 1.55. The van der Waals surface area contributed by atoms with Gasteiger partial charge in [0.2, 0.25) is 0 Å². The second kappa shape index (κ2) is 3.01. The second-order valence-corrected chi connectivity index (χ2v) is 1.80. The zero-order valence-corrected chi connectivity index (χ0v) is 5.55. The second-order valence-electron chi connectivity index (χ2n) is 1.80. The molecule has 0 bridgehead atoms. The largest absolute Gasteiger partial charge is 0.391 e. The summed E-state index contributed by atoms with van der Waals surface area (Å²) in [6.07, 6.45) is 2.10. The van der Waals surface area contributed by atoms with Gasteiger partial charge < -0.3 is 5.32 Å². The van der Waals surface area contributed by atoms with Crippen molar-refractivity contribution < 1.29 is 8.78 Å². The number of hydrogen-bond acceptors (Lipinski definition) is 1. The fourth-order valence-electron chi connectivity index (χ4n) is 0.586. The number of alkyl halides is 2. The molecule has 1 nitrogen and oxygen atoms in total. The van der Waals surface area contributed by atoms with Crippen LogP contribution in [0.2, 0.25) is 0 Å². The van der Waals surface area contributed by atoms with Crippen molar-refractivity contribution in [3.63, 3.8) is 0 Å². The van der Waals surface area contributed by atoms with Crippen molar-refractivity contribution in [3.8, 4) is 0 Å². The van der Waals surface area contributed by atoms with E-state index in [0.717, 1.165) is 6.08 Å². The van der Waals surface area contributed by atoms with Crippen molar-refractivity contribution in [1.82, 2.24) is 5.32 Å². The zero-order valence-electron chi connectivity index (χ0n) is 4.73. The fraction of sp³-hybridized carbons (Fsp3) is 0.600. The predicted molar refractivity (Wildman–Crippen MR) is 34.0 cm³/mol. The van der Waals surface area contributed by atoms with E-state index in [-0.39, 0.29) is 18.8 Å². The summed E-state index contributed by atoms with van der Waals surface area (Å²) in [4.78, 5) is 0. The molecule has 1 rings (SSSR count). The van der Waals surface area contributed by atoms with E-state index in [1.54, 1.807) is 0 Å². The Morgan fingerprint density at radius 3 is 2.33 bits per heavy atom. The van der Waals surface area contributed by atoms with Crippen LogP contribution in [0.5, 0.6) is 0 Å². The quantitative estimate of drug-likeness (QED) is 0.560. The smallest absolute Gasteiger partial charge is 0.269 e. The van der Waals surface area contributed by atoms with Crippen LogP contribution in [0.15, 0.2) is 12.3 Å². The Balaban J connectivity index is 0.000000640. The molecule has 1 heterocycles. The third-order valence-electron chi connectivity index (χ3n) is 1.05. The van der Waals surface area contributed by atoms with Gasteiger partial charge in [0.05, 0.1) is 0 Å². The standard InChI is InChI=1S/C5H7F2N.ClH/c6-5(7)1-3-8-4-2-5;/h1,3,8H,2,4H2;1H. The average Bonchev–Trinajstić information content (AvgIpc) is 1.65. The van der Waals surface area contributed by atoms with Crippen LogP contribution in [-0.2, 0) is 0 Å². The normalized spacial score (nSPS) is 22.0. The lowest BCUT2D eigenvalue weighted by Gasteiger charge is -2.15. The van der Waals surface area contributed by atoms with Gasteiger partial charge in [-0.25, -0.2) is 8.78 Å². The summed E-state index contributed by atoms with van der Waals surface area (Å²) in [5.41, 5.74) is 0. The van der Waals surface area contributed by atoms with Crippen LogP contribution in [0.25, 0.3) is 0 Å². The highest BCUT2D eigenvalue weighted by atomic mass is 35.5. The molecule has 0 saturated carbocycles. The van der Waals surface area contributed by atoms with Crippen molar-refractivity contribution in [1.29, 1.82) is 0 Å². The molecule has 0 fully saturated rings. The molecule has 1 aliphatic rings. The van der Waals surface area contributed by atoms with Crippen LogP contribution in [0.3, 0.4) is 0 Å². The Morgan fingerprint density at radius 2 is 2.11 bits per heavy atom. The molecule has 0 unspecified atom stereocenters. The van der Waals surface area contributed by atoms with E-state index in [1.165, 1.54) is 6.20 Å². The van der Waals surface area contributed by atoms with Crippen molar-refractivity contribution in [2.24, 2.45) is 0 Å².